The molecule has 0 aromatic heterocycles. The third kappa shape index (κ3) is 4.71. The van der Waals surface area contributed by atoms with Crippen LogP contribution in [-0.4, -0.2) is 43.2 Å². The fourth-order valence-electron chi connectivity index (χ4n) is 3.49. The van der Waals surface area contributed by atoms with Crippen molar-refractivity contribution in [3.63, 3.8) is 0 Å². The van der Waals surface area contributed by atoms with Crippen LogP contribution in [0.25, 0.3) is 0 Å². The summed E-state index contributed by atoms with van der Waals surface area (Å²) >= 11 is 0. The van der Waals surface area contributed by atoms with Crippen molar-refractivity contribution in [2.45, 2.75) is 32.7 Å². The summed E-state index contributed by atoms with van der Waals surface area (Å²) in [6.07, 6.45) is 0.649. The number of hydrogen-bond acceptors (Lipinski definition) is 5. The van der Waals surface area contributed by atoms with E-state index in [-0.39, 0.29) is 5.91 Å². The molecule has 1 amide bonds. The number of esters is 1. The van der Waals surface area contributed by atoms with Gasteiger partial charge in [0.05, 0.1) is 17.9 Å². The van der Waals surface area contributed by atoms with Crippen LogP contribution >= 0.6 is 0 Å². The van der Waals surface area contributed by atoms with Gasteiger partial charge < -0.3 is 15.0 Å². The predicted octanol–water partition coefficient (Wildman–Crippen LogP) is 4.14. The molecular weight excluding hydrogens is 366 g/mol. The van der Waals surface area contributed by atoms with Crippen LogP contribution in [0.15, 0.2) is 47.5 Å². The molecule has 0 spiro atoms. The minimum atomic E-state index is -0.451. The summed E-state index contributed by atoms with van der Waals surface area (Å²) in [5, 5.41) is 2.88. The lowest BCUT2D eigenvalue weighted by atomic mass is 9.93. The molecule has 0 aliphatic carbocycles. The van der Waals surface area contributed by atoms with Gasteiger partial charge in [-0.2, -0.15) is 0 Å². The molecule has 1 unspecified atom stereocenters. The number of fused-ring (bicyclic) bond motifs is 1. The fourth-order valence-corrected chi connectivity index (χ4v) is 3.49. The van der Waals surface area contributed by atoms with Crippen LogP contribution in [0.4, 0.5) is 11.4 Å². The Morgan fingerprint density at radius 2 is 1.86 bits per heavy atom. The van der Waals surface area contributed by atoms with Crippen LogP contribution in [0.5, 0.6) is 0 Å². The van der Waals surface area contributed by atoms with Crippen LogP contribution < -0.4 is 5.32 Å². The molecule has 6 nitrogen and oxygen atoms in total. The highest BCUT2D eigenvalue weighted by Crippen LogP contribution is 2.36. The molecule has 1 aliphatic heterocycles. The van der Waals surface area contributed by atoms with Gasteiger partial charge in [-0.1, -0.05) is 25.1 Å². The van der Waals surface area contributed by atoms with Crippen molar-refractivity contribution < 1.29 is 14.3 Å². The minimum absolute atomic E-state index is 0.120. The van der Waals surface area contributed by atoms with E-state index in [1.54, 1.807) is 19.1 Å². The number of nitrogens with zero attached hydrogens (tertiary/aromatic N) is 2. The second-order valence-electron chi connectivity index (χ2n) is 7.31. The molecule has 1 heterocycles. The topological polar surface area (TPSA) is 71.0 Å². The Morgan fingerprint density at radius 3 is 2.48 bits per heavy atom. The van der Waals surface area contributed by atoms with Crippen LogP contribution in [0.2, 0.25) is 0 Å². The number of aliphatic imine (C=N–C) groups is 1. The van der Waals surface area contributed by atoms with Crippen molar-refractivity contribution in [3.8, 4) is 0 Å². The molecule has 0 fully saturated rings. The van der Waals surface area contributed by atoms with Crippen LogP contribution in [-0.2, 0) is 16.1 Å². The molecule has 29 heavy (non-hydrogen) atoms. The fraction of sp³-hybridized carbons (Fsp3) is 0.348. The van der Waals surface area contributed by atoms with Crippen molar-refractivity contribution in [2.24, 2.45) is 4.99 Å². The normalized spacial score (nSPS) is 16.0. The Hall–Kier alpha value is -2.99. The van der Waals surface area contributed by atoms with Crippen molar-refractivity contribution in [1.29, 1.82) is 0 Å². The first-order valence-corrected chi connectivity index (χ1v) is 9.86. The molecule has 6 heteroatoms. The minimum Gasteiger partial charge on any atom is -0.462 e. The van der Waals surface area contributed by atoms with E-state index >= 15 is 0 Å². The molecule has 152 valence electrons. The first-order valence-electron chi connectivity index (χ1n) is 9.86. The quantitative estimate of drug-likeness (QED) is 0.567. The van der Waals surface area contributed by atoms with Gasteiger partial charge in [-0.25, -0.2) is 4.79 Å². The smallest absolute Gasteiger partial charge is 0.338 e. The van der Waals surface area contributed by atoms with E-state index in [0.29, 0.717) is 24.3 Å². The van der Waals surface area contributed by atoms with E-state index in [4.69, 9.17) is 9.73 Å². The van der Waals surface area contributed by atoms with E-state index < -0.39 is 11.9 Å². The maximum Gasteiger partial charge on any atom is 0.338 e. The molecule has 1 N–H and O–H groups in total. The molecule has 2 aromatic rings. The second-order valence-corrected chi connectivity index (χ2v) is 7.31. The molecule has 1 atom stereocenters. The highest BCUT2D eigenvalue weighted by molar-refractivity contribution is 6.19. The molecule has 0 radical (unpaired) electrons. The molecule has 1 aliphatic rings. The zero-order valence-electron chi connectivity index (χ0n) is 17.4. The van der Waals surface area contributed by atoms with E-state index in [2.05, 4.69) is 22.3 Å². The summed E-state index contributed by atoms with van der Waals surface area (Å²) in [6, 6.07) is 13.3. The summed E-state index contributed by atoms with van der Waals surface area (Å²) in [6.45, 7) is 4.94. The van der Waals surface area contributed by atoms with Gasteiger partial charge in [-0.3, -0.25) is 9.79 Å². The maximum atomic E-state index is 12.7. The van der Waals surface area contributed by atoms with Crippen LogP contribution in [0.1, 0.15) is 47.7 Å². The zero-order chi connectivity index (χ0) is 21.0. The third-order valence-electron chi connectivity index (χ3n) is 4.80. The third-order valence-corrected chi connectivity index (χ3v) is 4.80. The highest BCUT2D eigenvalue weighted by Gasteiger charge is 2.34. The summed E-state index contributed by atoms with van der Waals surface area (Å²) < 4.78 is 5.04. The number of carbonyl (C=O) groups excluding carboxylic acids is 2. The van der Waals surface area contributed by atoms with Crippen molar-refractivity contribution in [2.75, 3.05) is 26.0 Å². The van der Waals surface area contributed by atoms with Gasteiger partial charge in [0.2, 0.25) is 5.91 Å². The van der Waals surface area contributed by atoms with E-state index in [1.807, 2.05) is 39.2 Å². The van der Waals surface area contributed by atoms with Gasteiger partial charge in [-0.05, 0) is 62.8 Å². The number of carbonyl (C=O) groups is 2. The number of rotatable bonds is 7. The molecule has 2 aromatic carbocycles. The Kier molecular flexibility index (Phi) is 6.44. The number of nitrogens with one attached hydrogen (secondary N) is 1. The summed E-state index contributed by atoms with van der Waals surface area (Å²) in [7, 11) is 4.07. The highest BCUT2D eigenvalue weighted by atomic mass is 16.5. The van der Waals surface area contributed by atoms with Crippen LogP contribution in [0, 0.1) is 0 Å². The van der Waals surface area contributed by atoms with Gasteiger partial charge in [0, 0.05) is 17.9 Å². The van der Waals surface area contributed by atoms with Gasteiger partial charge in [0.1, 0.15) is 5.92 Å². The van der Waals surface area contributed by atoms with Crippen molar-refractivity contribution in [3.05, 3.63) is 59.2 Å². The molecule has 3 rings (SSSR count). The van der Waals surface area contributed by atoms with E-state index in [1.165, 1.54) is 5.56 Å². The summed E-state index contributed by atoms with van der Waals surface area (Å²) in [4.78, 5) is 31.5. The van der Waals surface area contributed by atoms with Gasteiger partial charge >= 0.3 is 5.97 Å². The maximum absolute atomic E-state index is 12.7. The second kappa shape index (κ2) is 9.01. The van der Waals surface area contributed by atoms with Crippen LogP contribution in [0.3, 0.4) is 0 Å². The Balaban J connectivity index is 1.88. The Morgan fingerprint density at radius 1 is 1.14 bits per heavy atom. The summed E-state index contributed by atoms with van der Waals surface area (Å²) in [5.74, 6) is -0.964. The van der Waals surface area contributed by atoms with Crippen molar-refractivity contribution in [1.82, 2.24) is 4.90 Å². The van der Waals surface area contributed by atoms with Gasteiger partial charge in [0.25, 0.3) is 0 Å². The summed E-state index contributed by atoms with van der Waals surface area (Å²) in [5.41, 5.74) is 4.75. The predicted molar refractivity (Wildman–Crippen MR) is 115 cm³/mol. The zero-order valence-corrected chi connectivity index (χ0v) is 17.4. The Labute approximate surface area is 171 Å². The average molecular weight is 393 g/mol. The lowest BCUT2D eigenvalue weighted by molar-refractivity contribution is -0.115. The largest absolute Gasteiger partial charge is 0.462 e. The van der Waals surface area contributed by atoms with Crippen molar-refractivity contribution >= 4 is 29.0 Å². The lowest BCUT2D eigenvalue weighted by Gasteiger charge is -2.13. The van der Waals surface area contributed by atoms with E-state index in [0.717, 1.165) is 23.5 Å². The van der Waals surface area contributed by atoms with E-state index in [9.17, 15) is 9.59 Å². The number of hydrogen-bond donors (Lipinski definition) is 1. The first-order chi connectivity index (χ1) is 13.9. The number of ether oxygens (including phenoxy) is 1. The van der Waals surface area contributed by atoms with Gasteiger partial charge in [-0.15, -0.1) is 0 Å². The standard InChI is InChI=1S/C23H27N3O3/c1-5-19(24-17-10-7-15(8-11-17)14-26(3)4)21-18-12-9-16(23(28)29-6-2)13-20(18)25-22(21)27/h7-13,21H,5-6,14H2,1-4H3,(H,25,27). The molecule has 0 saturated heterocycles. The number of anilines is 1. The van der Waals surface area contributed by atoms with Gasteiger partial charge in [0.15, 0.2) is 0 Å². The molecule has 0 bridgehead atoms. The number of amides is 1. The molecular formula is C23H27N3O3. The monoisotopic (exact) mass is 393 g/mol. The lowest BCUT2D eigenvalue weighted by Crippen LogP contribution is -2.20. The number of benzene rings is 2. The molecule has 0 saturated carbocycles. The Bertz CT molecular complexity index is 933. The first kappa shape index (κ1) is 20.7. The average Bonchev–Trinajstić information content (AvgIpc) is 3.02. The SMILES string of the molecule is CCOC(=O)c1ccc2c(c1)NC(=O)C2C(CC)=Nc1ccc(CN(C)C)cc1.